The van der Waals surface area contributed by atoms with Crippen molar-refractivity contribution in [1.29, 1.82) is 0 Å². The fourth-order valence-electron chi connectivity index (χ4n) is 3.06. The normalized spacial score (nSPS) is 18.4. The van der Waals surface area contributed by atoms with Crippen molar-refractivity contribution in [3.63, 3.8) is 0 Å². The van der Waals surface area contributed by atoms with Gasteiger partial charge in [0.25, 0.3) is 0 Å². The van der Waals surface area contributed by atoms with E-state index in [2.05, 4.69) is 39.4 Å². The predicted octanol–water partition coefficient (Wildman–Crippen LogP) is 2.53. The number of fused-ring (bicyclic) bond motifs is 1. The van der Waals surface area contributed by atoms with Gasteiger partial charge in [-0.3, -0.25) is 4.90 Å². The van der Waals surface area contributed by atoms with Gasteiger partial charge in [-0.1, -0.05) is 6.42 Å². The van der Waals surface area contributed by atoms with Crippen LogP contribution in [0.5, 0.6) is 0 Å². The molecule has 0 bridgehead atoms. The summed E-state index contributed by atoms with van der Waals surface area (Å²) in [5.74, 6) is 0. The molecule has 1 unspecified atom stereocenters. The second-order valence-electron chi connectivity index (χ2n) is 5.79. The van der Waals surface area contributed by atoms with Crippen LogP contribution in [0.25, 0.3) is 11.0 Å². The Labute approximate surface area is 120 Å². The molecular formula is C16H24N4. The molecule has 0 aliphatic carbocycles. The Morgan fingerprint density at radius 2 is 2.20 bits per heavy atom. The number of H-pyrrole nitrogens is 1. The van der Waals surface area contributed by atoms with E-state index >= 15 is 0 Å². The number of pyridine rings is 1. The van der Waals surface area contributed by atoms with E-state index in [0.717, 1.165) is 18.7 Å². The van der Waals surface area contributed by atoms with Crippen LogP contribution < -0.4 is 5.32 Å². The first-order valence-electron chi connectivity index (χ1n) is 7.70. The van der Waals surface area contributed by atoms with E-state index in [0.29, 0.717) is 6.04 Å². The molecule has 4 heteroatoms. The molecule has 0 saturated carbocycles. The Hall–Kier alpha value is -1.39. The molecule has 3 rings (SSSR count). The molecule has 3 heterocycles. The topological polar surface area (TPSA) is 44.0 Å². The fourth-order valence-corrected chi connectivity index (χ4v) is 3.06. The van der Waals surface area contributed by atoms with Crippen molar-refractivity contribution in [2.24, 2.45) is 0 Å². The zero-order valence-corrected chi connectivity index (χ0v) is 12.2. The second-order valence-corrected chi connectivity index (χ2v) is 5.79. The molecule has 0 amide bonds. The van der Waals surface area contributed by atoms with Gasteiger partial charge in [-0.05, 0) is 50.6 Å². The highest BCUT2D eigenvalue weighted by Gasteiger charge is 2.16. The van der Waals surface area contributed by atoms with Gasteiger partial charge in [0, 0.05) is 36.9 Å². The Morgan fingerprint density at radius 3 is 3.05 bits per heavy atom. The first-order chi connectivity index (χ1) is 9.84. The lowest BCUT2D eigenvalue weighted by Crippen LogP contribution is -2.42. The largest absolute Gasteiger partial charge is 0.346 e. The summed E-state index contributed by atoms with van der Waals surface area (Å²) >= 11 is 0. The highest BCUT2D eigenvalue weighted by atomic mass is 15.2. The van der Waals surface area contributed by atoms with Crippen molar-refractivity contribution in [3.8, 4) is 0 Å². The monoisotopic (exact) mass is 272 g/mol. The van der Waals surface area contributed by atoms with Gasteiger partial charge in [-0.25, -0.2) is 4.98 Å². The summed E-state index contributed by atoms with van der Waals surface area (Å²) in [4.78, 5) is 10.2. The van der Waals surface area contributed by atoms with E-state index in [1.54, 1.807) is 0 Å². The van der Waals surface area contributed by atoms with Crippen molar-refractivity contribution in [3.05, 3.63) is 30.1 Å². The van der Waals surface area contributed by atoms with Gasteiger partial charge in [0.05, 0.1) is 0 Å². The summed E-state index contributed by atoms with van der Waals surface area (Å²) in [5.41, 5.74) is 2.28. The summed E-state index contributed by atoms with van der Waals surface area (Å²) in [7, 11) is 0. The second kappa shape index (κ2) is 6.37. The smallest absolute Gasteiger partial charge is 0.137 e. The van der Waals surface area contributed by atoms with Gasteiger partial charge < -0.3 is 10.3 Å². The van der Waals surface area contributed by atoms with Crippen LogP contribution in [0.1, 0.15) is 31.7 Å². The zero-order valence-electron chi connectivity index (χ0n) is 12.2. The highest BCUT2D eigenvalue weighted by molar-refractivity contribution is 5.79. The van der Waals surface area contributed by atoms with Crippen LogP contribution >= 0.6 is 0 Å². The lowest BCUT2D eigenvalue weighted by atomic mass is 10.1. The van der Waals surface area contributed by atoms with Crippen LogP contribution in [-0.4, -0.2) is 40.5 Å². The maximum Gasteiger partial charge on any atom is 0.137 e. The summed E-state index contributed by atoms with van der Waals surface area (Å²) in [6, 6.07) is 4.75. The number of aromatic amines is 1. The minimum Gasteiger partial charge on any atom is -0.346 e. The van der Waals surface area contributed by atoms with Gasteiger partial charge in [0.1, 0.15) is 5.65 Å². The van der Waals surface area contributed by atoms with Crippen molar-refractivity contribution in [1.82, 2.24) is 20.2 Å². The molecule has 0 aromatic carbocycles. The maximum atomic E-state index is 4.33. The lowest BCUT2D eigenvalue weighted by molar-refractivity contribution is 0.171. The number of aromatic nitrogens is 2. The molecule has 1 saturated heterocycles. The van der Waals surface area contributed by atoms with E-state index in [1.807, 2.05) is 12.3 Å². The average molecular weight is 272 g/mol. The van der Waals surface area contributed by atoms with Crippen LogP contribution in [-0.2, 0) is 6.54 Å². The van der Waals surface area contributed by atoms with Crippen LogP contribution in [0.2, 0.25) is 0 Å². The van der Waals surface area contributed by atoms with E-state index < -0.39 is 0 Å². The molecule has 0 radical (unpaired) electrons. The highest BCUT2D eigenvalue weighted by Crippen LogP contribution is 2.15. The number of likely N-dealkylation sites (tertiary alicyclic amines) is 1. The first-order valence-corrected chi connectivity index (χ1v) is 7.70. The molecule has 2 aromatic heterocycles. The zero-order chi connectivity index (χ0) is 13.8. The number of piperidine rings is 1. The lowest BCUT2D eigenvalue weighted by Gasteiger charge is -2.32. The van der Waals surface area contributed by atoms with Crippen LogP contribution in [0.4, 0.5) is 0 Å². The van der Waals surface area contributed by atoms with Crippen LogP contribution in [0.3, 0.4) is 0 Å². The molecule has 0 spiro atoms. The van der Waals surface area contributed by atoms with Gasteiger partial charge >= 0.3 is 0 Å². The SMILES string of the molecule is CC(CNCc1c[nH]c2ncccc12)N1CCCCC1. The molecule has 2 aromatic rings. The van der Waals surface area contributed by atoms with Gasteiger partial charge in [0.2, 0.25) is 0 Å². The average Bonchev–Trinajstić information content (AvgIpc) is 2.92. The third kappa shape index (κ3) is 3.02. The molecule has 4 nitrogen and oxygen atoms in total. The van der Waals surface area contributed by atoms with E-state index in [-0.39, 0.29) is 0 Å². The van der Waals surface area contributed by atoms with Gasteiger partial charge in [-0.2, -0.15) is 0 Å². The van der Waals surface area contributed by atoms with Crippen molar-refractivity contribution >= 4 is 11.0 Å². The van der Waals surface area contributed by atoms with Crippen LogP contribution in [0, 0.1) is 0 Å². The number of hydrogen-bond donors (Lipinski definition) is 2. The molecule has 1 aliphatic rings. The van der Waals surface area contributed by atoms with E-state index in [4.69, 9.17) is 0 Å². The Balaban J connectivity index is 1.52. The summed E-state index contributed by atoms with van der Waals surface area (Å²) in [6.07, 6.45) is 8.01. The summed E-state index contributed by atoms with van der Waals surface area (Å²) < 4.78 is 0. The molecule has 1 aliphatic heterocycles. The fraction of sp³-hybridized carbons (Fsp3) is 0.562. The Morgan fingerprint density at radius 1 is 1.35 bits per heavy atom. The van der Waals surface area contributed by atoms with Crippen molar-refractivity contribution in [2.45, 2.75) is 38.8 Å². The number of hydrogen-bond acceptors (Lipinski definition) is 3. The minimum absolute atomic E-state index is 0.624. The molecule has 1 fully saturated rings. The van der Waals surface area contributed by atoms with Gasteiger partial charge in [-0.15, -0.1) is 0 Å². The standard InChI is InChI=1S/C16H24N4/c1-13(20-8-3-2-4-9-20)10-17-11-14-12-19-16-15(14)6-5-7-18-16/h5-7,12-13,17H,2-4,8-11H2,1H3,(H,18,19). The third-order valence-electron chi connectivity index (χ3n) is 4.31. The van der Waals surface area contributed by atoms with Crippen LogP contribution in [0.15, 0.2) is 24.5 Å². The minimum atomic E-state index is 0.624. The molecule has 20 heavy (non-hydrogen) atoms. The Kier molecular flexibility index (Phi) is 4.33. The Bertz CT molecular complexity index is 542. The quantitative estimate of drug-likeness (QED) is 0.879. The van der Waals surface area contributed by atoms with E-state index in [9.17, 15) is 0 Å². The number of rotatable bonds is 5. The summed E-state index contributed by atoms with van der Waals surface area (Å²) in [5, 5.41) is 4.81. The van der Waals surface area contributed by atoms with E-state index in [1.165, 1.54) is 43.3 Å². The number of nitrogens with zero attached hydrogens (tertiary/aromatic N) is 2. The number of nitrogens with one attached hydrogen (secondary N) is 2. The third-order valence-corrected chi connectivity index (χ3v) is 4.31. The molecule has 108 valence electrons. The van der Waals surface area contributed by atoms with Gasteiger partial charge in [0.15, 0.2) is 0 Å². The van der Waals surface area contributed by atoms with Crippen molar-refractivity contribution < 1.29 is 0 Å². The van der Waals surface area contributed by atoms with Crippen molar-refractivity contribution in [2.75, 3.05) is 19.6 Å². The molecular weight excluding hydrogens is 248 g/mol. The molecule has 2 N–H and O–H groups in total. The maximum absolute atomic E-state index is 4.33. The summed E-state index contributed by atoms with van der Waals surface area (Å²) in [6.45, 7) is 6.81. The molecule has 1 atom stereocenters. The predicted molar refractivity (Wildman–Crippen MR) is 82.7 cm³/mol. The first kappa shape index (κ1) is 13.6.